The number of ether oxygens (including phenoxy) is 1. The molecule has 0 radical (unpaired) electrons. The highest BCUT2D eigenvalue weighted by Gasteiger charge is 2.47. The van der Waals surface area contributed by atoms with E-state index in [1.165, 1.54) is 4.90 Å². The lowest BCUT2D eigenvalue weighted by Gasteiger charge is -2.31. The molecule has 0 saturated heterocycles. The Morgan fingerprint density at radius 1 is 0.927 bits per heavy atom. The lowest BCUT2D eigenvalue weighted by atomic mass is 9.95. The summed E-state index contributed by atoms with van der Waals surface area (Å²) in [6.07, 6.45) is 1.56. The van der Waals surface area contributed by atoms with Gasteiger partial charge in [-0.25, -0.2) is 9.59 Å². The van der Waals surface area contributed by atoms with E-state index in [1.54, 1.807) is 20.8 Å². The van der Waals surface area contributed by atoms with Crippen molar-refractivity contribution in [2.45, 2.75) is 83.4 Å². The molecule has 1 saturated carbocycles. The van der Waals surface area contributed by atoms with Crippen molar-refractivity contribution in [3.8, 4) is 0 Å². The third kappa shape index (κ3) is 9.92. The number of carboxylic acids is 1. The summed E-state index contributed by atoms with van der Waals surface area (Å²) < 4.78 is 5.64. The first-order chi connectivity index (χ1) is 19.3. The fraction of sp³-hybridized carbons (Fsp3) is 0.500. The fourth-order valence-corrected chi connectivity index (χ4v) is 4.80. The van der Waals surface area contributed by atoms with E-state index in [4.69, 9.17) is 4.74 Å². The summed E-state index contributed by atoms with van der Waals surface area (Å²) in [7, 11) is 0. The first-order valence-corrected chi connectivity index (χ1v) is 14.2. The summed E-state index contributed by atoms with van der Waals surface area (Å²) in [6.45, 7) is 9.04. The van der Waals surface area contributed by atoms with Gasteiger partial charge in [0.15, 0.2) is 0 Å². The highest BCUT2D eigenvalue weighted by Crippen LogP contribution is 2.48. The van der Waals surface area contributed by atoms with Gasteiger partial charge in [-0.1, -0.05) is 74.5 Å². The molecule has 0 aliphatic heterocycles. The number of amides is 3. The molecule has 0 bridgehead atoms. The Balaban J connectivity index is 1.80. The van der Waals surface area contributed by atoms with E-state index >= 15 is 0 Å². The predicted octanol–water partition coefficient (Wildman–Crippen LogP) is 4.30. The average molecular weight is 566 g/mol. The zero-order valence-corrected chi connectivity index (χ0v) is 24.7. The van der Waals surface area contributed by atoms with Crippen molar-refractivity contribution in [2.75, 3.05) is 13.1 Å². The highest BCUT2D eigenvalue weighted by molar-refractivity contribution is 5.91. The molecule has 0 spiro atoms. The monoisotopic (exact) mass is 565 g/mol. The number of carbonyl (C=O) groups excluding carboxylic acids is 3. The maximum absolute atomic E-state index is 13.4. The summed E-state index contributed by atoms with van der Waals surface area (Å²) in [5.74, 6) is -2.22. The molecule has 3 amide bonds. The number of carbonyl (C=O) groups is 4. The van der Waals surface area contributed by atoms with Crippen molar-refractivity contribution in [1.82, 2.24) is 15.5 Å². The largest absolute Gasteiger partial charge is 0.480 e. The zero-order valence-electron chi connectivity index (χ0n) is 24.7. The van der Waals surface area contributed by atoms with Gasteiger partial charge in [-0.05, 0) is 57.1 Å². The van der Waals surface area contributed by atoms with Crippen LogP contribution in [-0.4, -0.2) is 64.7 Å². The normalized spacial score (nSPS) is 15.4. The van der Waals surface area contributed by atoms with Crippen LogP contribution in [0.2, 0.25) is 0 Å². The molecule has 1 aliphatic carbocycles. The number of aliphatic carboxylic acids is 1. The van der Waals surface area contributed by atoms with Crippen molar-refractivity contribution in [1.29, 1.82) is 0 Å². The van der Waals surface area contributed by atoms with Crippen LogP contribution in [0.25, 0.3) is 0 Å². The first kappa shape index (κ1) is 31.6. The molecule has 9 nitrogen and oxygen atoms in total. The minimum Gasteiger partial charge on any atom is -0.480 e. The van der Waals surface area contributed by atoms with Crippen LogP contribution in [0.3, 0.4) is 0 Å². The predicted molar refractivity (Wildman–Crippen MR) is 156 cm³/mol. The Morgan fingerprint density at radius 2 is 1.51 bits per heavy atom. The van der Waals surface area contributed by atoms with Crippen molar-refractivity contribution >= 4 is 23.9 Å². The second kappa shape index (κ2) is 13.7. The van der Waals surface area contributed by atoms with E-state index < -0.39 is 41.6 Å². The quantitative estimate of drug-likeness (QED) is 0.333. The summed E-state index contributed by atoms with van der Waals surface area (Å²) in [4.78, 5) is 53.2. The molecule has 41 heavy (non-hydrogen) atoms. The lowest BCUT2D eigenvalue weighted by molar-refractivity contribution is -0.142. The van der Waals surface area contributed by atoms with Gasteiger partial charge >= 0.3 is 12.1 Å². The number of hydrogen-bond acceptors (Lipinski definition) is 5. The molecule has 1 aliphatic rings. The fourth-order valence-electron chi connectivity index (χ4n) is 4.80. The van der Waals surface area contributed by atoms with Gasteiger partial charge in [-0.3, -0.25) is 14.5 Å². The summed E-state index contributed by atoms with van der Waals surface area (Å²) in [5, 5.41) is 15.0. The van der Waals surface area contributed by atoms with Gasteiger partial charge in [0.1, 0.15) is 24.2 Å². The van der Waals surface area contributed by atoms with Crippen LogP contribution in [0.5, 0.6) is 0 Å². The van der Waals surface area contributed by atoms with Gasteiger partial charge < -0.3 is 20.5 Å². The Hall–Kier alpha value is -3.88. The zero-order chi connectivity index (χ0) is 30.2. The second-order valence-electron chi connectivity index (χ2n) is 12.3. The van der Waals surface area contributed by atoms with Gasteiger partial charge in [0.25, 0.3) is 0 Å². The van der Waals surface area contributed by atoms with E-state index in [-0.39, 0.29) is 30.7 Å². The molecule has 3 rings (SSSR count). The van der Waals surface area contributed by atoms with Crippen molar-refractivity contribution in [2.24, 2.45) is 5.92 Å². The maximum Gasteiger partial charge on any atom is 0.410 e. The number of nitrogens with zero attached hydrogens (tertiary/aromatic N) is 1. The summed E-state index contributed by atoms with van der Waals surface area (Å²) in [5.41, 5.74) is 0.881. The van der Waals surface area contributed by atoms with Crippen LogP contribution >= 0.6 is 0 Å². The summed E-state index contributed by atoms with van der Waals surface area (Å²) in [6, 6.07) is 16.9. The third-order valence-corrected chi connectivity index (χ3v) is 6.98. The number of rotatable bonds is 13. The topological polar surface area (TPSA) is 125 Å². The molecule has 0 unspecified atom stereocenters. The highest BCUT2D eigenvalue weighted by atomic mass is 16.6. The first-order valence-electron chi connectivity index (χ1n) is 14.2. The van der Waals surface area contributed by atoms with Crippen molar-refractivity contribution in [3.63, 3.8) is 0 Å². The summed E-state index contributed by atoms with van der Waals surface area (Å²) >= 11 is 0. The van der Waals surface area contributed by atoms with Crippen LogP contribution in [0.4, 0.5) is 4.79 Å². The molecule has 222 valence electrons. The standard InChI is InChI=1S/C32H43N3O6/c1-22(2)18-26(29(38)39)34-28(37)25(19-23-12-8-6-9-13-23)33-27(36)20-35(30(40)41-31(3,4)5)21-32(16-17-32)24-14-10-7-11-15-24/h6-15,22,25-26H,16-21H2,1-5H3,(H,33,36)(H,34,37)(H,38,39)/t25-,26-/m1/s1. The Labute approximate surface area is 242 Å². The van der Waals surface area contributed by atoms with Crippen molar-refractivity contribution in [3.05, 3.63) is 71.8 Å². The van der Waals surface area contributed by atoms with Crippen LogP contribution in [0.15, 0.2) is 60.7 Å². The number of benzene rings is 2. The molecular formula is C32H43N3O6. The van der Waals surface area contributed by atoms with E-state index in [1.807, 2.05) is 74.5 Å². The molecule has 3 N–H and O–H groups in total. The third-order valence-electron chi connectivity index (χ3n) is 6.98. The van der Waals surface area contributed by atoms with E-state index in [0.717, 1.165) is 24.0 Å². The maximum atomic E-state index is 13.4. The molecule has 9 heteroatoms. The number of hydrogen-bond donors (Lipinski definition) is 3. The van der Waals surface area contributed by atoms with Crippen LogP contribution in [0, 0.1) is 5.92 Å². The molecule has 1 fully saturated rings. The smallest absolute Gasteiger partial charge is 0.410 e. The van der Waals surface area contributed by atoms with Crippen LogP contribution < -0.4 is 10.6 Å². The Bertz CT molecular complexity index is 1190. The van der Waals surface area contributed by atoms with Gasteiger partial charge in [0.2, 0.25) is 11.8 Å². The van der Waals surface area contributed by atoms with E-state index in [0.29, 0.717) is 6.54 Å². The van der Waals surface area contributed by atoms with Crippen LogP contribution in [-0.2, 0) is 31.0 Å². The molecule has 2 aromatic carbocycles. The Kier molecular flexibility index (Phi) is 10.5. The van der Waals surface area contributed by atoms with Gasteiger partial charge in [0.05, 0.1) is 0 Å². The van der Waals surface area contributed by atoms with Crippen molar-refractivity contribution < 1.29 is 29.0 Å². The van der Waals surface area contributed by atoms with Gasteiger partial charge in [0, 0.05) is 18.4 Å². The SMILES string of the molecule is CC(C)C[C@@H](NC(=O)[C@@H](Cc1ccccc1)NC(=O)CN(CC1(c2ccccc2)CC1)C(=O)OC(C)(C)C)C(=O)O. The Morgan fingerprint density at radius 3 is 2.02 bits per heavy atom. The number of carboxylic acid groups (broad SMARTS) is 1. The molecule has 2 aromatic rings. The van der Waals surface area contributed by atoms with Crippen LogP contribution in [0.1, 0.15) is 65.0 Å². The lowest BCUT2D eigenvalue weighted by Crippen LogP contribution is -2.55. The molecule has 0 heterocycles. The van der Waals surface area contributed by atoms with Gasteiger partial charge in [-0.2, -0.15) is 0 Å². The number of nitrogens with one attached hydrogen (secondary N) is 2. The molecule has 2 atom stereocenters. The van der Waals surface area contributed by atoms with Gasteiger partial charge in [-0.15, -0.1) is 0 Å². The second-order valence-corrected chi connectivity index (χ2v) is 12.3. The minimum atomic E-state index is -1.14. The van der Waals surface area contributed by atoms with E-state index in [2.05, 4.69) is 10.6 Å². The molecule has 0 aromatic heterocycles. The molecular weight excluding hydrogens is 522 g/mol. The van der Waals surface area contributed by atoms with E-state index in [9.17, 15) is 24.3 Å². The average Bonchev–Trinajstić information content (AvgIpc) is 3.68. The minimum absolute atomic E-state index is 0.0420.